The smallest absolute Gasteiger partial charge is 0.223 e. The highest BCUT2D eigenvalue weighted by atomic mass is 16.1. The topological polar surface area (TPSA) is 58.4 Å². The normalized spacial score (nSPS) is 12.4. The average Bonchev–Trinajstić information content (AvgIpc) is 2.40. The lowest BCUT2D eigenvalue weighted by atomic mass is 10.1. The van der Waals surface area contributed by atoms with Gasteiger partial charge in [0.15, 0.2) is 0 Å². The van der Waals surface area contributed by atoms with Crippen LogP contribution in [-0.4, -0.2) is 38.0 Å². The molecule has 1 unspecified atom stereocenters. The van der Waals surface area contributed by atoms with Crippen LogP contribution in [0.1, 0.15) is 18.9 Å². The molecule has 1 rings (SSSR count). The molecule has 4 heteroatoms. The summed E-state index contributed by atoms with van der Waals surface area (Å²) in [5.41, 5.74) is 7.77. The van der Waals surface area contributed by atoms with Crippen molar-refractivity contribution in [1.29, 1.82) is 0 Å². The maximum absolute atomic E-state index is 11.4. The van der Waals surface area contributed by atoms with Gasteiger partial charge in [-0.3, -0.25) is 4.79 Å². The first-order valence-electron chi connectivity index (χ1n) is 6.77. The third-order valence-corrected chi connectivity index (χ3v) is 3.26. The van der Waals surface area contributed by atoms with Gasteiger partial charge >= 0.3 is 0 Å². The molecule has 3 N–H and O–H groups in total. The molecule has 0 saturated carbocycles. The van der Waals surface area contributed by atoms with Crippen LogP contribution < -0.4 is 11.1 Å². The van der Waals surface area contributed by atoms with Gasteiger partial charge in [0.05, 0.1) is 0 Å². The number of aryl methyl sites for hydroxylation is 1. The van der Waals surface area contributed by atoms with Crippen LogP contribution in [0.3, 0.4) is 0 Å². The molecule has 0 aliphatic rings. The Kier molecular flexibility index (Phi) is 6.36. The Bertz CT molecular complexity index is 389. The van der Waals surface area contributed by atoms with Crippen LogP contribution in [0.5, 0.6) is 0 Å². The van der Waals surface area contributed by atoms with E-state index in [9.17, 15) is 4.79 Å². The summed E-state index contributed by atoms with van der Waals surface area (Å²) in [5.74, 6) is 0.136. The molecule has 0 radical (unpaired) electrons. The van der Waals surface area contributed by atoms with E-state index >= 15 is 0 Å². The highest BCUT2D eigenvalue weighted by molar-refractivity contribution is 5.78. The molecule has 0 heterocycles. The molecule has 1 aromatic rings. The first-order chi connectivity index (χ1) is 9.02. The Morgan fingerprint density at radius 2 is 2.00 bits per heavy atom. The Balaban J connectivity index is 2.25. The Hall–Kier alpha value is -1.55. The van der Waals surface area contributed by atoms with E-state index in [4.69, 9.17) is 5.73 Å². The monoisotopic (exact) mass is 263 g/mol. The van der Waals surface area contributed by atoms with E-state index in [0.29, 0.717) is 0 Å². The fraction of sp³-hybridized carbons (Fsp3) is 0.533. The second-order valence-electron chi connectivity index (χ2n) is 5.12. The molecule has 1 amide bonds. The summed E-state index contributed by atoms with van der Waals surface area (Å²) in [6.07, 6.45) is 2.12. The summed E-state index contributed by atoms with van der Waals surface area (Å²) in [4.78, 5) is 13.6. The Morgan fingerprint density at radius 3 is 2.58 bits per heavy atom. The summed E-state index contributed by atoms with van der Waals surface area (Å²) in [6, 6.07) is 8.02. The summed E-state index contributed by atoms with van der Waals surface area (Å²) in [5, 5.41) is 2.68. The van der Waals surface area contributed by atoms with Crippen molar-refractivity contribution >= 4 is 11.6 Å². The number of nitrogen functional groups attached to an aromatic ring is 1. The van der Waals surface area contributed by atoms with Gasteiger partial charge in [0, 0.05) is 25.2 Å². The van der Waals surface area contributed by atoms with Crippen molar-refractivity contribution in [2.24, 2.45) is 5.92 Å². The number of benzene rings is 1. The third-order valence-electron chi connectivity index (χ3n) is 3.26. The molecular formula is C15H25N3O. The minimum absolute atomic E-state index is 0.0338. The van der Waals surface area contributed by atoms with Gasteiger partial charge in [0.25, 0.3) is 0 Å². The fourth-order valence-corrected chi connectivity index (χ4v) is 2.13. The molecule has 0 aliphatic carbocycles. The van der Waals surface area contributed by atoms with Gasteiger partial charge < -0.3 is 16.0 Å². The fourth-order valence-electron chi connectivity index (χ4n) is 2.13. The SMILES string of the molecule is CNC(=O)C(C)CN(C)CCCc1ccc(N)cc1. The number of nitrogens with zero attached hydrogens (tertiary/aromatic N) is 1. The van der Waals surface area contributed by atoms with Crippen LogP contribution in [-0.2, 0) is 11.2 Å². The lowest BCUT2D eigenvalue weighted by molar-refractivity contribution is -0.124. The number of anilines is 1. The lowest BCUT2D eigenvalue weighted by Crippen LogP contribution is -2.34. The number of nitrogens with two attached hydrogens (primary N) is 1. The molecule has 106 valence electrons. The average molecular weight is 263 g/mol. The zero-order chi connectivity index (χ0) is 14.3. The molecule has 0 spiro atoms. The van der Waals surface area contributed by atoms with E-state index in [1.165, 1.54) is 5.56 Å². The van der Waals surface area contributed by atoms with Gasteiger partial charge in [-0.2, -0.15) is 0 Å². The zero-order valence-corrected chi connectivity index (χ0v) is 12.1. The van der Waals surface area contributed by atoms with Crippen molar-refractivity contribution in [3.05, 3.63) is 29.8 Å². The molecule has 1 aromatic carbocycles. The number of rotatable bonds is 7. The number of carbonyl (C=O) groups excluding carboxylic acids is 1. The quantitative estimate of drug-likeness (QED) is 0.733. The van der Waals surface area contributed by atoms with Crippen molar-refractivity contribution < 1.29 is 4.79 Å². The van der Waals surface area contributed by atoms with E-state index in [2.05, 4.69) is 29.4 Å². The van der Waals surface area contributed by atoms with E-state index in [1.54, 1.807) is 7.05 Å². The zero-order valence-electron chi connectivity index (χ0n) is 12.1. The van der Waals surface area contributed by atoms with Crippen molar-refractivity contribution in [3.63, 3.8) is 0 Å². The molecule has 0 saturated heterocycles. The van der Waals surface area contributed by atoms with Gasteiger partial charge in [-0.05, 0) is 44.1 Å². The molecule has 0 aromatic heterocycles. The number of carbonyl (C=O) groups is 1. The summed E-state index contributed by atoms with van der Waals surface area (Å²) in [7, 11) is 3.74. The van der Waals surface area contributed by atoms with Crippen LogP contribution >= 0.6 is 0 Å². The largest absolute Gasteiger partial charge is 0.399 e. The predicted molar refractivity (Wildman–Crippen MR) is 79.9 cm³/mol. The molecule has 0 bridgehead atoms. The van der Waals surface area contributed by atoms with E-state index in [1.807, 2.05) is 19.1 Å². The first-order valence-corrected chi connectivity index (χ1v) is 6.77. The highest BCUT2D eigenvalue weighted by Gasteiger charge is 2.12. The summed E-state index contributed by atoms with van der Waals surface area (Å²) in [6.45, 7) is 3.74. The lowest BCUT2D eigenvalue weighted by Gasteiger charge is -2.20. The van der Waals surface area contributed by atoms with Crippen molar-refractivity contribution in [1.82, 2.24) is 10.2 Å². The standard InChI is InChI=1S/C15H25N3O/c1-12(15(19)17-2)11-18(3)10-4-5-13-6-8-14(16)9-7-13/h6-9,12H,4-5,10-11,16H2,1-3H3,(H,17,19). The highest BCUT2D eigenvalue weighted by Crippen LogP contribution is 2.08. The number of hydrogen-bond donors (Lipinski definition) is 2. The van der Waals surface area contributed by atoms with Gasteiger partial charge in [0.1, 0.15) is 0 Å². The predicted octanol–water partition coefficient (Wildman–Crippen LogP) is 1.52. The number of amides is 1. The van der Waals surface area contributed by atoms with Crippen molar-refractivity contribution in [3.8, 4) is 0 Å². The van der Waals surface area contributed by atoms with Crippen molar-refractivity contribution in [2.75, 3.05) is 32.9 Å². The van der Waals surface area contributed by atoms with Crippen molar-refractivity contribution in [2.45, 2.75) is 19.8 Å². The molecule has 0 aliphatic heterocycles. The number of hydrogen-bond acceptors (Lipinski definition) is 3. The van der Waals surface area contributed by atoms with Gasteiger partial charge in [-0.15, -0.1) is 0 Å². The van der Waals surface area contributed by atoms with Crippen LogP contribution in [0.2, 0.25) is 0 Å². The van der Waals surface area contributed by atoms with Gasteiger partial charge in [-0.1, -0.05) is 19.1 Å². The second-order valence-corrected chi connectivity index (χ2v) is 5.12. The molecule has 19 heavy (non-hydrogen) atoms. The maximum Gasteiger partial charge on any atom is 0.223 e. The summed E-state index contributed by atoms with van der Waals surface area (Å²) < 4.78 is 0. The Morgan fingerprint density at radius 1 is 1.37 bits per heavy atom. The molecule has 1 atom stereocenters. The Labute approximate surface area is 116 Å². The van der Waals surface area contributed by atoms with Crippen LogP contribution in [0.15, 0.2) is 24.3 Å². The summed E-state index contributed by atoms with van der Waals surface area (Å²) >= 11 is 0. The van der Waals surface area contributed by atoms with Crippen LogP contribution in [0.4, 0.5) is 5.69 Å². The van der Waals surface area contributed by atoms with Crippen LogP contribution in [0.25, 0.3) is 0 Å². The third kappa shape index (κ3) is 5.75. The van der Waals surface area contributed by atoms with Gasteiger partial charge in [0.2, 0.25) is 5.91 Å². The van der Waals surface area contributed by atoms with E-state index < -0.39 is 0 Å². The second kappa shape index (κ2) is 7.79. The molecule has 4 nitrogen and oxygen atoms in total. The van der Waals surface area contributed by atoms with E-state index in [-0.39, 0.29) is 11.8 Å². The molecule has 0 fully saturated rings. The first kappa shape index (κ1) is 15.5. The van der Waals surface area contributed by atoms with E-state index in [0.717, 1.165) is 31.6 Å². The minimum atomic E-state index is 0.0338. The molecular weight excluding hydrogens is 238 g/mol. The minimum Gasteiger partial charge on any atom is -0.399 e. The maximum atomic E-state index is 11.4. The van der Waals surface area contributed by atoms with Crippen LogP contribution in [0, 0.1) is 5.92 Å². The number of nitrogens with one attached hydrogen (secondary N) is 1. The van der Waals surface area contributed by atoms with Gasteiger partial charge in [-0.25, -0.2) is 0 Å².